The zero-order chi connectivity index (χ0) is 18.7. The first-order chi connectivity index (χ1) is 12.4. The lowest BCUT2D eigenvalue weighted by atomic mass is 9.73. The van der Waals surface area contributed by atoms with Gasteiger partial charge in [0.05, 0.1) is 5.41 Å². The Kier molecular flexibility index (Phi) is 5.42. The van der Waals surface area contributed by atoms with E-state index in [1.165, 1.54) is 17.7 Å². The fourth-order valence-corrected chi connectivity index (χ4v) is 3.65. The first-order valence-corrected chi connectivity index (χ1v) is 9.16. The van der Waals surface area contributed by atoms with Crippen molar-refractivity contribution in [3.05, 3.63) is 65.5 Å². The Morgan fingerprint density at radius 3 is 2.38 bits per heavy atom. The van der Waals surface area contributed by atoms with Crippen LogP contribution >= 0.6 is 0 Å². The average molecular weight is 355 g/mol. The van der Waals surface area contributed by atoms with Crippen molar-refractivity contribution in [3.63, 3.8) is 0 Å². The molecule has 0 N–H and O–H groups in total. The summed E-state index contributed by atoms with van der Waals surface area (Å²) in [4.78, 5) is 15.3. The molecule has 0 aliphatic carbocycles. The molecule has 2 aromatic rings. The summed E-state index contributed by atoms with van der Waals surface area (Å²) in [6, 6.07) is 14.4. The molecule has 1 amide bonds. The van der Waals surface area contributed by atoms with Crippen LogP contribution in [0.25, 0.3) is 0 Å². The predicted molar refractivity (Wildman–Crippen MR) is 102 cm³/mol. The molecule has 1 saturated heterocycles. The largest absolute Gasteiger partial charge is 0.381 e. The van der Waals surface area contributed by atoms with Gasteiger partial charge in [-0.2, -0.15) is 0 Å². The van der Waals surface area contributed by atoms with Crippen molar-refractivity contribution in [2.75, 3.05) is 25.2 Å². The van der Waals surface area contributed by atoms with Gasteiger partial charge in [0.15, 0.2) is 0 Å². The number of benzene rings is 2. The minimum Gasteiger partial charge on any atom is -0.381 e. The number of rotatable bonds is 4. The van der Waals surface area contributed by atoms with Gasteiger partial charge in [-0.15, -0.1) is 0 Å². The van der Waals surface area contributed by atoms with E-state index >= 15 is 0 Å². The zero-order valence-corrected chi connectivity index (χ0v) is 15.7. The Morgan fingerprint density at radius 2 is 1.77 bits per heavy atom. The van der Waals surface area contributed by atoms with E-state index < -0.39 is 5.41 Å². The van der Waals surface area contributed by atoms with E-state index in [-0.39, 0.29) is 11.7 Å². The Morgan fingerprint density at radius 1 is 1.12 bits per heavy atom. The quantitative estimate of drug-likeness (QED) is 0.798. The highest BCUT2D eigenvalue weighted by atomic mass is 19.1. The molecule has 4 heteroatoms. The van der Waals surface area contributed by atoms with Gasteiger partial charge in [-0.25, -0.2) is 4.39 Å². The second-order valence-corrected chi connectivity index (χ2v) is 7.32. The Labute approximate surface area is 154 Å². The second kappa shape index (κ2) is 7.58. The third-order valence-electron chi connectivity index (χ3n) is 5.38. The number of nitrogens with zero attached hydrogens (tertiary/aromatic N) is 1. The van der Waals surface area contributed by atoms with Gasteiger partial charge in [-0.1, -0.05) is 38.1 Å². The standard InChI is InChI=1S/C22H26FNO2/c1-16(2)17-5-4-6-20(15-17)24(3)21(25)22(11-13-26-14-12-22)18-7-9-19(23)10-8-18/h4-10,15-16H,11-14H2,1-3H3. The molecule has 1 aliphatic rings. The van der Waals surface area contributed by atoms with Crippen LogP contribution < -0.4 is 4.90 Å². The molecule has 0 unspecified atom stereocenters. The van der Waals surface area contributed by atoms with Crippen LogP contribution in [-0.2, 0) is 14.9 Å². The summed E-state index contributed by atoms with van der Waals surface area (Å²) in [5.41, 5.74) is 2.27. The topological polar surface area (TPSA) is 29.5 Å². The molecule has 2 aromatic carbocycles. The molecule has 1 aliphatic heterocycles. The Bertz CT molecular complexity index is 764. The molecule has 3 nitrogen and oxygen atoms in total. The van der Waals surface area contributed by atoms with Crippen molar-refractivity contribution in [2.24, 2.45) is 0 Å². The van der Waals surface area contributed by atoms with Gasteiger partial charge in [0.25, 0.3) is 0 Å². The number of carbonyl (C=O) groups excluding carboxylic acids is 1. The van der Waals surface area contributed by atoms with E-state index in [1.54, 1.807) is 17.0 Å². The molecule has 1 heterocycles. The maximum Gasteiger partial charge on any atom is 0.237 e. The molecule has 1 fully saturated rings. The number of hydrogen-bond acceptors (Lipinski definition) is 2. The molecule has 3 rings (SSSR count). The predicted octanol–water partition coefficient (Wildman–Crippen LogP) is 4.66. The highest BCUT2D eigenvalue weighted by Gasteiger charge is 2.43. The highest BCUT2D eigenvalue weighted by molar-refractivity contribution is 6.01. The molecule has 0 atom stereocenters. The van der Waals surface area contributed by atoms with Crippen LogP contribution in [0, 0.1) is 5.82 Å². The van der Waals surface area contributed by atoms with Gasteiger partial charge in [0.2, 0.25) is 5.91 Å². The maximum atomic E-state index is 13.6. The smallest absolute Gasteiger partial charge is 0.237 e. The first-order valence-electron chi connectivity index (χ1n) is 9.16. The summed E-state index contributed by atoms with van der Waals surface area (Å²) in [6.07, 6.45) is 1.21. The normalized spacial score (nSPS) is 16.5. The maximum absolute atomic E-state index is 13.6. The van der Waals surface area contributed by atoms with Gasteiger partial charge in [0.1, 0.15) is 5.82 Å². The lowest BCUT2D eigenvalue weighted by Crippen LogP contribution is -2.49. The third kappa shape index (κ3) is 3.51. The monoisotopic (exact) mass is 355 g/mol. The molecule has 138 valence electrons. The summed E-state index contributed by atoms with van der Waals surface area (Å²) < 4.78 is 18.9. The van der Waals surface area contributed by atoms with Crippen molar-refractivity contribution < 1.29 is 13.9 Å². The lowest BCUT2D eigenvalue weighted by molar-refractivity contribution is -0.127. The SMILES string of the molecule is CC(C)c1cccc(N(C)C(=O)C2(c3ccc(F)cc3)CCOCC2)c1. The molecule has 26 heavy (non-hydrogen) atoms. The van der Waals surface area contributed by atoms with Crippen molar-refractivity contribution in [3.8, 4) is 0 Å². The number of ether oxygens (including phenoxy) is 1. The molecule has 0 saturated carbocycles. The van der Waals surface area contributed by atoms with Crippen molar-refractivity contribution in [1.82, 2.24) is 0 Å². The number of carbonyl (C=O) groups is 1. The van der Waals surface area contributed by atoms with E-state index in [9.17, 15) is 9.18 Å². The van der Waals surface area contributed by atoms with Gasteiger partial charge >= 0.3 is 0 Å². The van der Waals surface area contributed by atoms with E-state index in [0.717, 1.165) is 11.3 Å². The second-order valence-electron chi connectivity index (χ2n) is 7.32. The summed E-state index contributed by atoms with van der Waals surface area (Å²) in [6.45, 7) is 5.34. The number of amides is 1. The van der Waals surface area contributed by atoms with Crippen molar-refractivity contribution >= 4 is 11.6 Å². The van der Waals surface area contributed by atoms with Gasteiger partial charge < -0.3 is 9.64 Å². The van der Waals surface area contributed by atoms with Crippen LogP contribution in [0.15, 0.2) is 48.5 Å². The van der Waals surface area contributed by atoms with Crippen LogP contribution in [0.5, 0.6) is 0 Å². The van der Waals surface area contributed by atoms with Crippen molar-refractivity contribution in [1.29, 1.82) is 0 Å². The summed E-state index contributed by atoms with van der Waals surface area (Å²) in [7, 11) is 1.82. The van der Waals surface area contributed by atoms with E-state index in [2.05, 4.69) is 26.0 Å². The highest BCUT2D eigenvalue weighted by Crippen LogP contribution is 2.38. The van der Waals surface area contributed by atoms with E-state index in [4.69, 9.17) is 4.74 Å². The minimum absolute atomic E-state index is 0.0355. The van der Waals surface area contributed by atoms with E-state index in [1.807, 2.05) is 19.2 Å². The number of likely N-dealkylation sites (N-methyl/N-ethyl adjacent to an activating group) is 1. The van der Waals surface area contributed by atoms with Gasteiger partial charge in [0, 0.05) is 25.9 Å². The zero-order valence-electron chi connectivity index (χ0n) is 15.7. The van der Waals surface area contributed by atoms with Crippen molar-refractivity contribution in [2.45, 2.75) is 38.0 Å². The number of hydrogen-bond donors (Lipinski definition) is 0. The van der Waals surface area contributed by atoms with Crippen LogP contribution in [0.3, 0.4) is 0 Å². The molecule has 0 radical (unpaired) electrons. The fraction of sp³-hybridized carbons (Fsp3) is 0.409. The summed E-state index contributed by atoms with van der Waals surface area (Å²) in [5.74, 6) is 0.141. The van der Waals surface area contributed by atoms with Crippen LogP contribution in [-0.4, -0.2) is 26.2 Å². The lowest BCUT2D eigenvalue weighted by Gasteiger charge is -2.39. The summed E-state index contributed by atoms with van der Waals surface area (Å²) >= 11 is 0. The third-order valence-corrected chi connectivity index (χ3v) is 5.38. The van der Waals surface area contributed by atoms with Crippen LogP contribution in [0.4, 0.5) is 10.1 Å². The van der Waals surface area contributed by atoms with Gasteiger partial charge in [-0.05, 0) is 54.2 Å². The molecular weight excluding hydrogens is 329 g/mol. The first kappa shape index (κ1) is 18.6. The Balaban J connectivity index is 1.97. The summed E-state index contributed by atoms with van der Waals surface area (Å²) in [5, 5.41) is 0. The average Bonchev–Trinajstić information content (AvgIpc) is 2.68. The van der Waals surface area contributed by atoms with Gasteiger partial charge in [-0.3, -0.25) is 4.79 Å². The van der Waals surface area contributed by atoms with Crippen LogP contribution in [0.1, 0.15) is 43.7 Å². The molecule has 0 spiro atoms. The Hall–Kier alpha value is -2.20. The molecular formula is C22H26FNO2. The number of halogens is 1. The number of anilines is 1. The van der Waals surface area contributed by atoms with Crippen LogP contribution in [0.2, 0.25) is 0 Å². The molecule has 0 bridgehead atoms. The molecule has 0 aromatic heterocycles. The minimum atomic E-state index is -0.672. The van der Waals surface area contributed by atoms with E-state index in [0.29, 0.717) is 32.0 Å². The fourth-order valence-electron chi connectivity index (χ4n) is 3.65.